The van der Waals surface area contributed by atoms with Crippen LogP contribution in [0.5, 0.6) is 0 Å². The van der Waals surface area contributed by atoms with E-state index in [-0.39, 0.29) is 17.2 Å². The molecule has 0 aliphatic carbocycles. The van der Waals surface area contributed by atoms with E-state index in [4.69, 9.17) is 10.9 Å². The second-order valence-corrected chi connectivity index (χ2v) is 5.63. The predicted octanol–water partition coefficient (Wildman–Crippen LogP) is 2.78. The fourth-order valence-electron chi connectivity index (χ4n) is 1.56. The standard InChI is InChI=1S/C14H23N3O/c1-10(13(15)17-18)9-16-12-7-5-11(6-8-12)14(2,3)4/h5-8,10,16,18H,9H2,1-4H3,(H2,15,17). The van der Waals surface area contributed by atoms with Crippen molar-refractivity contribution < 1.29 is 5.21 Å². The molecule has 0 saturated heterocycles. The Balaban J connectivity index is 2.60. The normalized spacial score (nSPS) is 14.3. The van der Waals surface area contributed by atoms with Gasteiger partial charge >= 0.3 is 0 Å². The zero-order valence-electron chi connectivity index (χ0n) is 11.6. The molecule has 1 rings (SSSR count). The Bertz CT molecular complexity index is 404. The highest BCUT2D eigenvalue weighted by molar-refractivity contribution is 5.82. The average Bonchev–Trinajstić information content (AvgIpc) is 2.34. The number of hydrogen-bond donors (Lipinski definition) is 3. The highest BCUT2D eigenvalue weighted by Crippen LogP contribution is 2.23. The summed E-state index contributed by atoms with van der Waals surface area (Å²) in [5.41, 5.74) is 8.03. The molecule has 4 N–H and O–H groups in total. The van der Waals surface area contributed by atoms with Crippen molar-refractivity contribution in [2.75, 3.05) is 11.9 Å². The lowest BCUT2D eigenvalue weighted by molar-refractivity contribution is 0.315. The van der Waals surface area contributed by atoms with Crippen molar-refractivity contribution in [3.05, 3.63) is 29.8 Å². The molecule has 0 saturated carbocycles. The minimum absolute atomic E-state index is 0.00251. The van der Waals surface area contributed by atoms with Crippen molar-refractivity contribution in [3.63, 3.8) is 0 Å². The van der Waals surface area contributed by atoms with Gasteiger partial charge in [0, 0.05) is 18.2 Å². The molecule has 0 spiro atoms. The average molecular weight is 249 g/mol. The Hall–Kier alpha value is -1.71. The van der Waals surface area contributed by atoms with Gasteiger partial charge in [0.1, 0.15) is 5.84 Å². The van der Waals surface area contributed by atoms with Crippen molar-refractivity contribution in [3.8, 4) is 0 Å². The van der Waals surface area contributed by atoms with Crippen LogP contribution in [0.15, 0.2) is 29.4 Å². The summed E-state index contributed by atoms with van der Waals surface area (Å²) in [6, 6.07) is 8.35. The molecule has 0 fully saturated rings. The Kier molecular flexibility index (Phi) is 4.59. The molecular formula is C14H23N3O. The molecule has 1 aromatic carbocycles. The number of hydrogen-bond acceptors (Lipinski definition) is 3. The van der Waals surface area contributed by atoms with E-state index in [1.807, 2.05) is 6.92 Å². The first-order valence-electron chi connectivity index (χ1n) is 6.16. The summed E-state index contributed by atoms with van der Waals surface area (Å²) >= 11 is 0. The van der Waals surface area contributed by atoms with Gasteiger partial charge in [-0.25, -0.2) is 0 Å². The summed E-state index contributed by atoms with van der Waals surface area (Å²) in [5, 5.41) is 14.8. The molecule has 18 heavy (non-hydrogen) atoms. The van der Waals surface area contributed by atoms with Gasteiger partial charge in [0.15, 0.2) is 0 Å². The minimum Gasteiger partial charge on any atom is -0.409 e. The third-order valence-electron chi connectivity index (χ3n) is 2.98. The minimum atomic E-state index is -0.00251. The van der Waals surface area contributed by atoms with Gasteiger partial charge in [0.05, 0.1) is 0 Å². The van der Waals surface area contributed by atoms with Gasteiger partial charge in [0.2, 0.25) is 0 Å². The molecule has 0 aromatic heterocycles. The summed E-state index contributed by atoms with van der Waals surface area (Å²) in [6.07, 6.45) is 0. The van der Waals surface area contributed by atoms with Crippen LogP contribution in [-0.2, 0) is 5.41 Å². The second-order valence-electron chi connectivity index (χ2n) is 5.63. The van der Waals surface area contributed by atoms with Crippen LogP contribution in [0.4, 0.5) is 5.69 Å². The fraction of sp³-hybridized carbons (Fsp3) is 0.500. The first kappa shape index (κ1) is 14.4. The highest BCUT2D eigenvalue weighted by Gasteiger charge is 2.13. The summed E-state index contributed by atoms with van der Waals surface area (Å²) in [7, 11) is 0. The number of nitrogens with one attached hydrogen (secondary N) is 1. The summed E-state index contributed by atoms with van der Waals surface area (Å²) in [5.74, 6) is 0.242. The van der Waals surface area contributed by atoms with Crippen molar-refractivity contribution in [1.82, 2.24) is 0 Å². The van der Waals surface area contributed by atoms with Crippen molar-refractivity contribution >= 4 is 11.5 Å². The van der Waals surface area contributed by atoms with Gasteiger partial charge in [-0.2, -0.15) is 0 Å². The lowest BCUT2D eigenvalue weighted by Gasteiger charge is -2.19. The molecule has 0 aliphatic rings. The van der Waals surface area contributed by atoms with E-state index in [1.54, 1.807) is 0 Å². The molecule has 1 unspecified atom stereocenters. The van der Waals surface area contributed by atoms with Gasteiger partial charge in [-0.05, 0) is 23.1 Å². The fourth-order valence-corrected chi connectivity index (χ4v) is 1.56. The van der Waals surface area contributed by atoms with Gasteiger partial charge in [-0.3, -0.25) is 0 Å². The molecule has 4 nitrogen and oxygen atoms in total. The molecule has 100 valence electrons. The van der Waals surface area contributed by atoms with E-state index in [2.05, 4.69) is 55.5 Å². The number of rotatable bonds is 4. The number of nitrogens with two attached hydrogens (primary N) is 1. The number of amidine groups is 1. The van der Waals surface area contributed by atoms with Crippen LogP contribution in [0, 0.1) is 5.92 Å². The maximum atomic E-state index is 8.56. The zero-order valence-corrected chi connectivity index (χ0v) is 11.6. The first-order valence-corrected chi connectivity index (χ1v) is 6.16. The Morgan fingerprint density at radius 3 is 2.33 bits per heavy atom. The van der Waals surface area contributed by atoms with Crippen LogP contribution in [0.3, 0.4) is 0 Å². The molecule has 0 amide bonds. The van der Waals surface area contributed by atoms with Crippen LogP contribution < -0.4 is 11.1 Å². The molecule has 1 aromatic rings. The second kappa shape index (κ2) is 5.76. The molecular weight excluding hydrogens is 226 g/mol. The van der Waals surface area contributed by atoms with Crippen LogP contribution in [0.25, 0.3) is 0 Å². The Morgan fingerprint density at radius 2 is 1.89 bits per heavy atom. The Morgan fingerprint density at radius 1 is 1.33 bits per heavy atom. The van der Waals surface area contributed by atoms with Gasteiger partial charge in [-0.15, -0.1) is 0 Å². The van der Waals surface area contributed by atoms with E-state index in [1.165, 1.54) is 5.56 Å². The zero-order chi connectivity index (χ0) is 13.8. The third-order valence-corrected chi connectivity index (χ3v) is 2.98. The lowest BCUT2D eigenvalue weighted by atomic mass is 9.87. The molecule has 0 bridgehead atoms. The van der Waals surface area contributed by atoms with Crippen LogP contribution >= 0.6 is 0 Å². The topological polar surface area (TPSA) is 70.6 Å². The first-order chi connectivity index (χ1) is 8.34. The van der Waals surface area contributed by atoms with Crippen LogP contribution in [0.1, 0.15) is 33.3 Å². The summed E-state index contributed by atoms with van der Waals surface area (Å²) < 4.78 is 0. The largest absolute Gasteiger partial charge is 0.409 e. The molecule has 0 radical (unpaired) electrons. The highest BCUT2D eigenvalue weighted by atomic mass is 16.4. The van der Waals surface area contributed by atoms with E-state index in [0.29, 0.717) is 6.54 Å². The van der Waals surface area contributed by atoms with Gasteiger partial charge in [-0.1, -0.05) is 45.0 Å². The van der Waals surface area contributed by atoms with E-state index in [0.717, 1.165) is 5.69 Å². The van der Waals surface area contributed by atoms with Crippen LogP contribution in [0.2, 0.25) is 0 Å². The smallest absolute Gasteiger partial charge is 0.143 e. The maximum Gasteiger partial charge on any atom is 0.143 e. The van der Waals surface area contributed by atoms with Gasteiger partial charge in [0.25, 0.3) is 0 Å². The van der Waals surface area contributed by atoms with E-state index >= 15 is 0 Å². The molecule has 0 heterocycles. The van der Waals surface area contributed by atoms with E-state index in [9.17, 15) is 0 Å². The number of oxime groups is 1. The van der Waals surface area contributed by atoms with Crippen molar-refractivity contribution in [1.29, 1.82) is 0 Å². The van der Waals surface area contributed by atoms with Gasteiger partial charge < -0.3 is 16.3 Å². The predicted molar refractivity (Wildman–Crippen MR) is 76.2 cm³/mol. The SMILES string of the molecule is CC(CNc1ccc(C(C)(C)C)cc1)C(N)=NO. The van der Waals surface area contributed by atoms with Crippen molar-refractivity contribution in [2.24, 2.45) is 16.8 Å². The molecule has 1 atom stereocenters. The number of nitrogens with zero attached hydrogens (tertiary/aromatic N) is 1. The monoisotopic (exact) mass is 249 g/mol. The quantitative estimate of drug-likeness (QED) is 0.332. The number of benzene rings is 1. The maximum absolute atomic E-state index is 8.56. The van der Waals surface area contributed by atoms with E-state index < -0.39 is 0 Å². The Labute approximate surface area is 109 Å². The molecule has 0 aliphatic heterocycles. The number of anilines is 1. The van der Waals surface area contributed by atoms with Crippen molar-refractivity contribution in [2.45, 2.75) is 33.1 Å². The molecule has 4 heteroatoms. The van der Waals surface area contributed by atoms with Crippen LogP contribution in [-0.4, -0.2) is 17.6 Å². The summed E-state index contributed by atoms with van der Waals surface area (Å²) in [4.78, 5) is 0. The summed E-state index contributed by atoms with van der Waals surface area (Å²) in [6.45, 7) is 9.12. The lowest BCUT2D eigenvalue weighted by Crippen LogP contribution is -2.27. The third kappa shape index (κ3) is 3.95.